The Morgan fingerprint density at radius 3 is 2.68 bits per heavy atom. The Morgan fingerprint density at radius 1 is 1.32 bits per heavy atom. The quantitative estimate of drug-likeness (QED) is 0.844. The highest BCUT2D eigenvalue weighted by Gasteiger charge is 2.24. The van der Waals surface area contributed by atoms with Gasteiger partial charge < -0.3 is 10.0 Å². The second-order valence-corrected chi connectivity index (χ2v) is 6.35. The number of amides is 1. The van der Waals surface area contributed by atoms with Crippen molar-refractivity contribution < 1.29 is 9.90 Å². The molecule has 1 heterocycles. The molecule has 1 aliphatic heterocycles. The fourth-order valence-electron chi connectivity index (χ4n) is 3.00. The molecule has 1 amide bonds. The minimum Gasteiger partial charge on any atom is -0.396 e. The number of hydrogen-bond donors (Lipinski definition) is 1. The number of piperidine rings is 1. The molecular weight excluding hydrogens is 274 g/mol. The van der Waals surface area contributed by atoms with Gasteiger partial charge in [-0.25, -0.2) is 0 Å². The first-order valence-electron chi connectivity index (χ1n) is 8.31. The summed E-state index contributed by atoms with van der Waals surface area (Å²) in [6, 6.07) is 8.54. The SMILES string of the molecule is CC(C)c1ccc(/C=C/C(=O)N2CCCCC2CCO)cc1. The normalized spacial score (nSPS) is 19.1. The second kappa shape index (κ2) is 8.14. The second-order valence-electron chi connectivity index (χ2n) is 6.35. The summed E-state index contributed by atoms with van der Waals surface area (Å²) in [5.74, 6) is 0.582. The molecule has 1 unspecified atom stereocenters. The third-order valence-corrected chi connectivity index (χ3v) is 4.39. The molecule has 1 aromatic rings. The molecule has 0 saturated carbocycles. The standard InChI is InChI=1S/C19H27NO2/c1-15(2)17-9-6-16(7-10-17)8-11-19(22)20-13-4-3-5-18(20)12-14-21/h6-11,15,18,21H,3-5,12-14H2,1-2H3/b11-8+. The Morgan fingerprint density at radius 2 is 2.05 bits per heavy atom. The third kappa shape index (κ3) is 4.44. The van der Waals surface area contributed by atoms with E-state index in [1.165, 1.54) is 5.56 Å². The Hall–Kier alpha value is -1.61. The van der Waals surface area contributed by atoms with E-state index in [9.17, 15) is 4.79 Å². The number of hydrogen-bond acceptors (Lipinski definition) is 2. The third-order valence-electron chi connectivity index (χ3n) is 4.39. The van der Waals surface area contributed by atoms with Gasteiger partial charge in [0.1, 0.15) is 0 Å². The van der Waals surface area contributed by atoms with Crippen LogP contribution in [0.4, 0.5) is 0 Å². The van der Waals surface area contributed by atoms with Crippen LogP contribution in [0.15, 0.2) is 30.3 Å². The lowest BCUT2D eigenvalue weighted by atomic mass is 9.99. The van der Waals surface area contributed by atoms with E-state index >= 15 is 0 Å². The van der Waals surface area contributed by atoms with E-state index in [2.05, 4.69) is 38.1 Å². The maximum Gasteiger partial charge on any atom is 0.246 e. The monoisotopic (exact) mass is 301 g/mol. The molecule has 0 radical (unpaired) electrons. The van der Waals surface area contributed by atoms with Gasteiger partial charge in [-0.3, -0.25) is 4.79 Å². The van der Waals surface area contributed by atoms with Crippen LogP contribution in [0.25, 0.3) is 6.08 Å². The maximum atomic E-state index is 12.4. The van der Waals surface area contributed by atoms with Crippen molar-refractivity contribution in [2.45, 2.75) is 51.5 Å². The highest BCUT2D eigenvalue weighted by molar-refractivity contribution is 5.92. The van der Waals surface area contributed by atoms with Crippen molar-refractivity contribution in [2.75, 3.05) is 13.2 Å². The first-order chi connectivity index (χ1) is 10.6. The molecule has 3 nitrogen and oxygen atoms in total. The zero-order chi connectivity index (χ0) is 15.9. The van der Waals surface area contributed by atoms with Gasteiger partial charge in [0.25, 0.3) is 0 Å². The smallest absolute Gasteiger partial charge is 0.246 e. The predicted octanol–water partition coefficient (Wildman–Crippen LogP) is 3.59. The van der Waals surface area contributed by atoms with Crippen LogP contribution in [0.3, 0.4) is 0 Å². The zero-order valence-electron chi connectivity index (χ0n) is 13.7. The molecule has 1 aliphatic rings. The van der Waals surface area contributed by atoms with Gasteiger partial charge in [-0.05, 0) is 48.8 Å². The zero-order valence-corrected chi connectivity index (χ0v) is 13.7. The lowest BCUT2D eigenvalue weighted by molar-refractivity contribution is -0.129. The Labute approximate surface area is 133 Å². The molecular formula is C19H27NO2. The lowest BCUT2D eigenvalue weighted by Crippen LogP contribution is -2.43. The number of nitrogens with zero attached hydrogens (tertiary/aromatic N) is 1. The maximum absolute atomic E-state index is 12.4. The van der Waals surface area contributed by atoms with Crippen LogP contribution in [0, 0.1) is 0 Å². The summed E-state index contributed by atoms with van der Waals surface area (Å²) in [6.07, 6.45) is 7.45. The van der Waals surface area contributed by atoms with Crippen molar-refractivity contribution >= 4 is 12.0 Å². The van der Waals surface area contributed by atoms with E-state index in [-0.39, 0.29) is 18.6 Å². The number of aliphatic hydroxyl groups excluding tert-OH is 1. The van der Waals surface area contributed by atoms with Gasteiger partial charge >= 0.3 is 0 Å². The number of carbonyl (C=O) groups excluding carboxylic acids is 1. The first-order valence-corrected chi connectivity index (χ1v) is 8.31. The van der Waals surface area contributed by atoms with Crippen LogP contribution in [0.1, 0.15) is 56.6 Å². The van der Waals surface area contributed by atoms with Gasteiger partial charge in [-0.15, -0.1) is 0 Å². The molecule has 1 saturated heterocycles. The van der Waals surface area contributed by atoms with Crippen molar-refractivity contribution in [3.8, 4) is 0 Å². The Bertz CT molecular complexity index is 503. The molecule has 22 heavy (non-hydrogen) atoms. The number of carbonyl (C=O) groups is 1. The van der Waals surface area contributed by atoms with Crippen LogP contribution in [0.5, 0.6) is 0 Å². The molecule has 0 aromatic heterocycles. The van der Waals surface area contributed by atoms with Gasteiger partial charge in [0, 0.05) is 25.3 Å². The van der Waals surface area contributed by atoms with Gasteiger partial charge in [-0.1, -0.05) is 38.1 Å². The molecule has 0 aliphatic carbocycles. The number of aliphatic hydroxyl groups is 1. The summed E-state index contributed by atoms with van der Waals surface area (Å²) >= 11 is 0. The van der Waals surface area contributed by atoms with E-state index in [0.29, 0.717) is 12.3 Å². The average Bonchev–Trinajstić information content (AvgIpc) is 2.54. The van der Waals surface area contributed by atoms with E-state index in [1.807, 2.05) is 11.0 Å². The first kappa shape index (κ1) is 16.8. The highest BCUT2D eigenvalue weighted by Crippen LogP contribution is 2.20. The van der Waals surface area contributed by atoms with Crippen LogP contribution < -0.4 is 0 Å². The van der Waals surface area contributed by atoms with Crippen LogP contribution in [0.2, 0.25) is 0 Å². The molecule has 0 spiro atoms. The Balaban J connectivity index is 2.00. The van der Waals surface area contributed by atoms with Gasteiger partial charge in [0.15, 0.2) is 0 Å². The van der Waals surface area contributed by atoms with Gasteiger partial charge in [0.2, 0.25) is 5.91 Å². The van der Waals surface area contributed by atoms with E-state index in [4.69, 9.17) is 5.11 Å². The van der Waals surface area contributed by atoms with Crippen molar-refractivity contribution in [3.05, 3.63) is 41.5 Å². The van der Waals surface area contributed by atoms with Crippen molar-refractivity contribution in [2.24, 2.45) is 0 Å². The summed E-state index contributed by atoms with van der Waals surface area (Å²) in [5, 5.41) is 9.14. The summed E-state index contributed by atoms with van der Waals surface area (Å²) in [6.45, 7) is 5.30. The van der Waals surface area contributed by atoms with E-state index in [0.717, 1.165) is 31.4 Å². The largest absolute Gasteiger partial charge is 0.396 e. The summed E-state index contributed by atoms with van der Waals surface area (Å²) in [4.78, 5) is 14.3. The molecule has 1 atom stereocenters. The van der Waals surface area contributed by atoms with Crippen molar-refractivity contribution in [1.82, 2.24) is 4.90 Å². The van der Waals surface area contributed by atoms with Crippen LogP contribution >= 0.6 is 0 Å². The minimum absolute atomic E-state index is 0.0612. The average molecular weight is 301 g/mol. The molecule has 2 rings (SSSR count). The van der Waals surface area contributed by atoms with Crippen molar-refractivity contribution in [1.29, 1.82) is 0 Å². The fourth-order valence-corrected chi connectivity index (χ4v) is 3.00. The van der Waals surface area contributed by atoms with Crippen molar-refractivity contribution in [3.63, 3.8) is 0 Å². The van der Waals surface area contributed by atoms with E-state index < -0.39 is 0 Å². The fraction of sp³-hybridized carbons (Fsp3) is 0.526. The molecule has 120 valence electrons. The Kier molecular flexibility index (Phi) is 6.20. The summed E-state index contributed by atoms with van der Waals surface area (Å²) in [7, 11) is 0. The van der Waals surface area contributed by atoms with E-state index in [1.54, 1.807) is 6.08 Å². The highest BCUT2D eigenvalue weighted by atomic mass is 16.3. The molecule has 3 heteroatoms. The number of benzene rings is 1. The van der Waals surface area contributed by atoms with Crippen LogP contribution in [-0.2, 0) is 4.79 Å². The number of rotatable bonds is 5. The molecule has 1 fully saturated rings. The number of likely N-dealkylation sites (tertiary alicyclic amines) is 1. The molecule has 1 N–H and O–H groups in total. The van der Waals surface area contributed by atoms with Gasteiger partial charge in [-0.2, -0.15) is 0 Å². The molecule has 0 bridgehead atoms. The van der Waals surface area contributed by atoms with Crippen LogP contribution in [-0.4, -0.2) is 35.1 Å². The topological polar surface area (TPSA) is 40.5 Å². The lowest BCUT2D eigenvalue weighted by Gasteiger charge is -2.34. The summed E-state index contributed by atoms with van der Waals surface area (Å²) < 4.78 is 0. The minimum atomic E-state index is 0.0612. The summed E-state index contributed by atoms with van der Waals surface area (Å²) in [5.41, 5.74) is 2.36. The predicted molar refractivity (Wildman–Crippen MR) is 90.6 cm³/mol. The molecule has 1 aromatic carbocycles. The van der Waals surface area contributed by atoms with Gasteiger partial charge in [0.05, 0.1) is 0 Å².